The number of nitrogens with two attached hydrogens (primary N) is 1. The number of hydrogen-bond donors (Lipinski definition) is 4. The summed E-state index contributed by atoms with van der Waals surface area (Å²) < 4.78 is 1.71. The molecule has 1 aromatic heterocycles. The monoisotopic (exact) mass is 308 g/mol. The van der Waals surface area contributed by atoms with Gasteiger partial charge in [0.1, 0.15) is 18.1 Å². The van der Waals surface area contributed by atoms with Gasteiger partial charge in [-0.1, -0.05) is 0 Å². The molecule has 10 heteroatoms. The fourth-order valence-corrected chi connectivity index (χ4v) is 3.22. The Morgan fingerprint density at radius 1 is 1.36 bits per heavy atom. The molecule has 0 aromatic carbocycles. The van der Waals surface area contributed by atoms with Crippen LogP contribution in [0.4, 0.5) is 5.82 Å². The number of aliphatic hydroxyl groups is 3. The van der Waals surface area contributed by atoms with E-state index < -0.39 is 24.4 Å². The lowest BCUT2D eigenvalue weighted by Crippen LogP contribution is -2.30. The van der Waals surface area contributed by atoms with Gasteiger partial charge in [0.25, 0.3) is 0 Å². The number of amidine groups is 1. The zero-order chi connectivity index (χ0) is 15.4. The number of imidazole rings is 1. The lowest BCUT2D eigenvalue weighted by Gasteiger charge is -2.23. The SMILES string of the molecule is NC1=NC2c3ncn([C@@H]4C[C@H](CO)[C@@H](O)[C@H]4O)c3N=CN2O1. The highest BCUT2D eigenvalue weighted by Crippen LogP contribution is 2.42. The van der Waals surface area contributed by atoms with Crippen LogP contribution < -0.4 is 5.73 Å². The van der Waals surface area contributed by atoms with Crippen LogP contribution in [0.5, 0.6) is 0 Å². The van der Waals surface area contributed by atoms with Gasteiger partial charge in [-0.25, -0.2) is 9.98 Å². The third-order valence-electron chi connectivity index (χ3n) is 4.39. The minimum absolute atomic E-state index is 0.0375. The van der Waals surface area contributed by atoms with E-state index in [1.807, 2.05) is 0 Å². The second kappa shape index (κ2) is 4.66. The van der Waals surface area contributed by atoms with Crippen LogP contribution in [0.3, 0.4) is 0 Å². The zero-order valence-electron chi connectivity index (χ0n) is 11.5. The van der Waals surface area contributed by atoms with Gasteiger partial charge in [-0.3, -0.25) is 0 Å². The highest BCUT2D eigenvalue weighted by Gasteiger charge is 2.44. The standard InChI is InChI=1S/C12H16N6O4/c13-12-16-11-7-10(15-4-18(11)22-12)17(3-14-7)6-1-5(2-19)8(20)9(6)21/h3-6,8-9,11,19-21H,1-2H2,(H2,13,16)/t5-,6-,8-,9+,11?/m1/s1. The first-order chi connectivity index (χ1) is 10.6. The van der Waals surface area contributed by atoms with Gasteiger partial charge in [0.2, 0.25) is 6.17 Å². The molecule has 5 N–H and O–H groups in total. The van der Waals surface area contributed by atoms with Crippen molar-refractivity contribution in [1.82, 2.24) is 14.6 Å². The molecule has 1 aliphatic carbocycles. The van der Waals surface area contributed by atoms with Crippen molar-refractivity contribution in [1.29, 1.82) is 0 Å². The van der Waals surface area contributed by atoms with Crippen LogP contribution in [-0.4, -0.2) is 61.1 Å². The average molecular weight is 308 g/mol. The fourth-order valence-electron chi connectivity index (χ4n) is 3.22. The van der Waals surface area contributed by atoms with E-state index >= 15 is 0 Å². The quantitative estimate of drug-likeness (QED) is 0.515. The molecule has 0 amide bonds. The van der Waals surface area contributed by atoms with E-state index in [1.54, 1.807) is 10.9 Å². The van der Waals surface area contributed by atoms with E-state index in [-0.39, 0.29) is 18.5 Å². The van der Waals surface area contributed by atoms with Crippen molar-refractivity contribution in [2.75, 3.05) is 6.61 Å². The number of hydroxylamine groups is 2. The number of nitrogens with zero attached hydrogens (tertiary/aromatic N) is 5. The Balaban J connectivity index is 1.70. The summed E-state index contributed by atoms with van der Waals surface area (Å²) in [7, 11) is 0. The van der Waals surface area contributed by atoms with Crippen molar-refractivity contribution in [2.45, 2.75) is 30.8 Å². The van der Waals surface area contributed by atoms with Crippen LogP contribution >= 0.6 is 0 Å². The second-order valence-electron chi connectivity index (χ2n) is 5.62. The van der Waals surface area contributed by atoms with E-state index in [1.165, 1.54) is 11.4 Å². The van der Waals surface area contributed by atoms with Gasteiger partial charge < -0.3 is 30.5 Å². The molecule has 0 bridgehead atoms. The van der Waals surface area contributed by atoms with Crippen LogP contribution in [0.25, 0.3) is 0 Å². The highest BCUT2D eigenvalue weighted by atomic mass is 16.7. The van der Waals surface area contributed by atoms with Crippen LogP contribution in [-0.2, 0) is 4.84 Å². The first-order valence-electron chi connectivity index (χ1n) is 6.97. The second-order valence-corrected chi connectivity index (χ2v) is 5.62. The molecule has 4 rings (SSSR count). The highest BCUT2D eigenvalue weighted by molar-refractivity contribution is 5.77. The van der Waals surface area contributed by atoms with Gasteiger partial charge in [-0.05, 0) is 6.42 Å². The van der Waals surface area contributed by atoms with E-state index in [4.69, 9.17) is 10.6 Å². The van der Waals surface area contributed by atoms with Crippen LogP contribution in [0.1, 0.15) is 24.3 Å². The maximum Gasteiger partial charge on any atom is 0.312 e. The Hall–Kier alpha value is -2.17. The molecule has 0 saturated heterocycles. The Labute approximate surface area is 125 Å². The van der Waals surface area contributed by atoms with Crippen molar-refractivity contribution >= 4 is 18.2 Å². The van der Waals surface area contributed by atoms with Crippen molar-refractivity contribution in [2.24, 2.45) is 21.6 Å². The summed E-state index contributed by atoms with van der Waals surface area (Å²) in [6, 6.07) is -0.369. The molecule has 1 unspecified atom stereocenters. The van der Waals surface area contributed by atoms with E-state index in [0.29, 0.717) is 17.9 Å². The molecule has 3 aliphatic rings. The number of aliphatic hydroxyl groups excluding tert-OH is 3. The first kappa shape index (κ1) is 13.5. The van der Waals surface area contributed by atoms with E-state index in [9.17, 15) is 15.3 Å². The fraction of sp³-hybridized carbons (Fsp3) is 0.583. The molecule has 118 valence electrons. The minimum atomic E-state index is -0.989. The Morgan fingerprint density at radius 3 is 2.91 bits per heavy atom. The average Bonchev–Trinajstić information content (AvgIpc) is 3.15. The number of rotatable bonds is 2. The Bertz CT molecular complexity index is 658. The number of aliphatic imine (C=N–C) groups is 2. The summed E-state index contributed by atoms with van der Waals surface area (Å²) >= 11 is 0. The smallest absolute Gasteiger partial charge is 0.312 e. The normalized spacial score (nSPS) is 36.0. The van der Waals surface area contributed by atoms with Crippen molar-refractivity contribution in [3.8, 4) is 0 Å². The molecule has 0 radical (unpaired) electrons. The summed E-state index contributed by atoms with van der Waals surface area (Å²) in [6.45, 7) is -0.181. The van der Waals surface area contributed by atoms with Crippen LogP contribution in [0.15, 0.2) is 16.3 Å². The Morgan fingerprint density at radius 2 is 2.18 bits per heavy atom. The van der Waals surface area contributed by atoms with Crippen molar-refractivity contribution in [3.05, 3.63) is 12.0 Å². The number of aromatic nitrogens is 2. The first-order valence-corrected chi connectivity index (χ1v) is 6.97. The predicted molar refractivity (Wildman–Crippen MR) is 73.9 cm³/mol. The molecular weight excluding hydrogens is 292 g/mol. The molecule has 2 aliphatic heterocycles. The number of hydrogen-bond acceptors (Lipinski definition) is 9. The molecule has 1 saturated carbocycles. The molecular formula is C12H16N6O4. The summed E-state index contributed by atoms with van der Waals surface area (Å²) in [5.74, 6) is 0.170. The van der Waals surface area contributed by atoms with Crippen molar-refractivity contribution in [3.63, 3.8) is 0 Å². The van der Waals surface area contributed by atoms with Crippen LogP contribution in [0, 0.1) is 5.92 Å². The van der Waals surface area contributed by atoms with E-state index in [2.05, 4.69) is 15.0 Å². The third kappa shape index (κ3) is 1.74. The van der Waals surface area contributed by atoms with Gasteiger partial charge in [-0.15, -0.1) is 0 Å². The zero-order valence-corrected chi connectivity index (χ0v) is 11.5. The molecule has 10 nitrogen and oxygen atoms in total. The van der Waals surface area contributed by atoms with Gasteiger partial charge >= 0.3 is 6.02 Å². The summed E-state index contributed by atoms with van der Waals surface area (Å²) in [5, 5.41) is 30.9. The molecule has 5 atom stereocenters. The maximum absolute atomic E-state index is 10.2. The number of fused-ring (bicyclic) bond motifs is 3. The van der Waals surface area contributed by atoms with Crippen LogP contribution in [0.2, 0.25) is 0 Å². The van der Waals surface area contributed by atoms with E-state index in [0.717, 1.165) is 0 Å². The topological polar surface area (TPSA) is 142 Å². The maximum atomic E-state index is 10.2. The summed E-state index contributed by atoms with van der Waals surface area (Å²) in [6.07, 6.45) is 0.989. The van der Waals surface area contributed by atoms with Gasteiger partial charge in [0, 0.05) is 12.5 Å². The van der Waals surface area contributed by atoms with Gasteiger partial charge in [0.15, 0.2) is 5.82 Å². The lowest BCUT2D eigenvalue weighted by atomic mass is 10.1. The predicted octanol–water partition coefficient (Wildman–Crippen LogP) is -1.61. The molecule has 1 fully saturated rings. The summed E-state index contributed by atoms with van der Waals surface area (Å²) in [4.78, 5) is 17.9. The van der Waals surface area contributed by atoms with Crippen molar-refractivity contribution < 1.29 is 20.2 Å². The molecule has 0 spiro atoms. The van der Waals surface area contributed by atoms with Gasteiger partial charge in [0.05, 0.1) is 18.5 Å². The summed E-state index contributed by atoms with van der Waals surface area (Å²) in [5.41, 5.74) is 6.11. The third-order valence-corrected chi connectivity index (χ3v) is 4.39. The minimum Gasteiger partial charge on any atom is -0.396 e. The Kier molecular flexibility index (Phi) is 2.86. The lowest BCUT2D eigenvalue weighted by molar-refractivity contribution is -0.00608. The molecule has 3 heterocycles. The molecule has 22 heavy (non-hydrogen) atoms. The van der Waals surface area contributed by atoms with Gasteiger partial charge in [-0.2, -0.15) is 10.1 Å². The largest absolute Gasteiger partial charge is 0.396 e. The molecule has 1 aromatic rings.